The van der Waals surface area contributed by atoms with Crippen LogP contribution in [0.1, 0.15) is 55.2 Å². The number of fused-ring (bicyclic) bond motifs is 3. The van der Waals surface area contributed by atoms with Crippen LogP contribution < -0.4 is 4.74 Å². The number of carbonyl (C=O) groups is 2. The highest BCUT2D eigenvalue weighted by Gasteiger charge is 2.61. The van der Waals surface area contributed by atoms with E-state index >= 15 is 0 Å². The fraction of sp³-hybridized carbons (Fsp3) is 0.394. The van der Waals surface area contributed by atoms with E-state index < -0.39 is 44.1 Å². The molecule has 7 nitrogen and oxygen atoms in total. The highest BCUT2D eigenvalue weighted by Crippen LogP contribution is 2.53. The van der Waals surface area contributed by atoms with Gasteiger partial charge in [-0.15, -0.1) is 0 Å². The van der Waals surface area contributed by atoms with Crippen molar-refractivity contribution in [2.24, 2.45) is 11.8 Å². The van der Waals surface area contributed by atoms with Gasteiger partial charge in [0.25, 0.3) is 0 Å². The van der Waals surface area contributed by atoms with Gasteiger partial charge in [-0.1, -0.05) is 17.7 Å². The molecule has 0 unspecified atom stereocenters. The summed E-state index contributed by atoms with van der Waals surface area (Å²) in [5.41, 5.74) is 1.83. The Morgan fingerprint density at radius 2 is 1.61 bits per heavy atom. The van der Waals surface area contributed by atoms with Crippen molar-refractivity contribution in [2.45, 2.75) is 67.2 Å². The Kier molecular flexibility index (Phi) is 8.17. The molecule has 1 heterocycles. The number of amides is 1. The zero-order chi connectivity index (χ0) is 31.2. The highest BCUT2D eigenvalue weighted by atomic mass is 35.5. The van der Waals surface area contributed by atoms with Crippen LogP contribution in [0.5, 0.6) is 5.75 Å². The molecule has 232 valence electrons. The summed E-state index contributed by atoms with van der Waals surface area (Å²) in [6.07, 6.45) is 2.77. The summed E-state index contributed by atoms with van der Waals surface area (Å²) in [5, 5.41) is 9.75. The van der Waals surface area contributed by atoms with Crippen LogP contribution in [0.15, 0.2) is 65.6 Å². The van der Waals surface area contributed by atoms with Crippen LogP contribution in [-0.2, 0) is 37.2 Å². The molecule has 3 aliphatic rings. The van der Waals surface area contributed by atoms with Crippen LogP contribution in [0.4, 0.5) is 8.78 Å². The second-order valence-corrected chi connectivity index (χ2v) is 14.5. The molecule has 1 saturated heterocycles. The van der Waals surface area contributed by atoms with Crippen molar-refractivity contribution in [3.05, 3.63) is 94.0 Å². The van der Waals surface area contributed by atoms with Crippen LogP contribution in [0.3, 0.4) is 0 Å². The number of aliphatic carboxylic acids is 1. The minimum atomic E-state index is -4.12. The fourth-order valence-corrected chi connectivity index (χ4v) is 9.86. The first kappa shape index (κ1) is 30.5. The van der Waals surface area contributed by atoms with E-state index in [1.807, 2.05) is 0 Å². The predicted octanol–water partition coefficient (Wildman–Crippen LogP) is 6.30. The molecule has 1 aliphatic heterocycles. The number of benzene rings is 3. The van der Waals surface area contributed by atoms with Gasteiger partial charge in [0, 0.05) is 23.0 Å². The normalized spacial score (nSPS) is 24.8. The number of carboxylic acid groups (broad SMARTS) is 1. The van der Waals surface area contributed by atoms with Gasteiger partial charge >= 0.3 is 5.97 Å². The van der Waals surface area contributed by atoms with Gasteiger partial charge in [0.1, 0.15) is 28.7 Å². The summed E-state index contributed by atoms with van der Waals surface area (Å²) in [5.74, 6) is -2.33. The third-order valence-corrected chi connectivity index (χ3v) is 12.5. The first-order chi connectivity index (χ1) is 21.0. The molecule has 11 heteroatoms. The van der Waals surface area contributed by atoms with Crippen molar-refractivity contribution in [2.75, 3.05) is 6.54 Å². The van der Waals surface area contributed by atoms with Crippen molar-refractivity contribution in [1.29, 1.82) is 0 Å². The van der Waals surface area contributed by atoms with Crippen LogP contribution in [0.25, 0.3) is 0 Å². The average molecular weight is 644 g/mol. The summed E-state index contributed by atoms with van der Waals surface area (Å²) in [4.78, 5) is 27.0. The van der Waals surface area contributed by atoms with Gasteiger partial charge in [-0.25, -0.2) is 17.2 Å². The van der Waals surface area contributed by atoms with Crippen molar-refractivity contribution in [3.8, 4) is 5.75 Å². The number of carboxylic acids is 1. The molecule has 0 radical (unpaired) electrons. The van der Waals surface area contributed by atoms with Crippen LogP contribution >= 0.6 is 11.6 Å². The number of hydrogen-bond donors (Lipinski definition) is 1. The number of hydrogen-bond acceptors (Lipinski definition) is 5. The first-order valence-corrected chi connectivity index (χ1v) is 16.6. The third-order valence-electron chi connectivity index (χ3n) is 9.57. The Balaban J connectivity index is 1.34. The van der Waals surface area contributed by atoms with Gasteiger partial charge in [0.2, 0.25) is 5.91 Å². The molecule has 1 amide bonds. The van der Waals surface area contributed by atoms with E-state index in [1.54, 1.807) is 23.1 Å². The molecule has 0 bridgehead atoms. The van der Waals surface area contributed by atoms with E-state index in [0.717, 1.165) is 17.7 Å². The molecular weight excluding hydrogens is 612 g/mol. The number of rotatable bonds is 7. The molecule has 2 atom stereocenters. The number of aryl methyl sites for hydroxylation is 1. The van der Waals surface area contributed by atoms with Crippen LogP contribution in [0.2, 0.25) is 5.02 Å². The number of carbonyl (C=O) groups excluding carboxylic acids is 1. The highest BCUT2D eigenvalue weighted by molar-refractivity contribution is 7.92. The largest absolute Gasteiger partial charge is 0.489 e. The van der Waals surface area contributed by atoms with E-state index in [0.29, 0.717) is 60.4 Å². The number of sulfone groups is 1. The lowest BCUT2D eigenvalue weighted by Crippen LogP contribution is -2.53. The summed E-state index contributed by atoms with van der Waals surface area (Å²) in [6.45, 7) is 0.252. The predicted molar refractivity (Wildman–Crippen MR) is 159 cm³/mol. The molecule has 3 aromatic rings. The Morgan fingerprint density at radius 3 is 2.32 bits per heavy atom. The van der Waals surface area contributed by atoms with Crippen LogP contribution in [-0.4, -0.2) is 42.9 Å². The van der Waals surface area contributed by atoms with Gasteiger partial charge in [0.05, 0.1) is 16.9 Å². The van der Waals surface area contributed by atoms with Crippen molar-refractivity contribution in [1.82, 2.24) is 4.90 Å². The van der Waals surface area contributed by atoms with Crippen LogP contribution in [0, 0.1) is 23.5 Å². The molecule has 1 saturated carbocycles. The molecule has 0 spiro atoms. The lowest BCUT2D eigenvalue weighted by atomic mass is 9.77. The molecule has 0 aromatic heterocycles. The van der Waals surface area contributed by atoms with Gasteiger partial charge in [-0.3, -0.25) is 9.59 Å². The quantitative estimate of drug-likeness (QED) is 0.303. The van der Waals surface area contributed by atoms with Crippen molar-refractivity contribution < 1.29 is 36.6 Å². The molecular formula is C33H32ClF2NO6S. The van der Waals surface area contributed by atoms with Gasteiger partial charge < -0.3 is 14.7 Å². The second-order valence-electron chi connectivity index (χ2n) is 11.9. The van der Waals surface area contributed by atoms with E-state index in [-0.39, 0.29) is 36.3 Å². The molecule has 3 aromatic carbocycles. The molecule has 2 aliphatic carbocycles. The Bertz CT molecular complexity index is 1710. The monoisotopic (exact) mass is 643 g/mol. The van der Waals surface area contributed by atoms with Gasteiger partial charge in [-0.05, 0) is 111 Å². The van der Waals surface area contributed by atoms with E-state index in [4.69, 9.17) is 16.3 Å². The lowest BCUT2D eigenvalue weighted by molar-refractivity contribution is -0.146. The minimum absolute atomic E-state index is 0.0173. The maximum atomic E-state index is 14.6. The number of nitrogens with zero attached hydrogens (tertiary/aromatic N) is 1. The molecule has 2 fully saturated rings. The maximum Gasteiger partial charge on any atom is 0.306 e. The average Bonchev–Trinajstić information content (AvgIpc) is 3.43. The summed E-state index contributed by atoms with van der Waals surface area (Å²) in [7, 11) is -4.12. The Morgan fingerprint density at radius 1 is 0.932 bits per heavy atom. The van der Waals surface area contributed by atoms with Crippen molar-refractivity contribution in [3.63, 3.8) is 0 Å². The fourth-order valence-electron chi connectivity index (χ4n) is 7.32. The number of likely N-dealkylation sites (tertiary alicyclic amines) is 1. The van der Waals surface area contributed by atoms with E-state index in [9.17, 15) is 31.9 Å². The van der Waals surface area contributed by atoms with Gasteiger partial charge in [-0.2, -0.15) is 0 Å². The zero-order valence-corrected chi connectivity index (χ0v) is 25.4. The maximum absolute atomic E-state index is 14.6. The second kappa shape index (κ2) is 11.8. The van der Waals surface area contributed by atoms with Crippen molar-refractivity contribution >= 4 is 33.3 Å². The molecule has 44 heavy (non-hydrogen) atoms. The Hall–Kier alpha value is -3.50. The standard InChI is InChI=1S/C33H32ClF2NO6S/c34-29-13-8-25(36)17-23(29)19-43-26-9-12-28-22(18-26)5-14-30-33(28,44(41,42)27-10-6-24(35)7-11-27)15-16-37(30)31(38)20-1-3-21(4-2-20)32(39)40/h6-13,17-18,20-21,30H,1-5,14-16,19H2,(H,39,40)/t20?,21?,30-,33-/m1/s1. The van der Waals surface area contributed by atoms with E-state index in [2.05, 4.69) is 0 Å². The van der Waals surface area contributed by atoms with E-state index in [1.165, 1.54) is 30.3 Å². The smallest absolute Gasteiger partial charge is 0.306 e. The topological polar surface area (TPSA) is 101 Å². The summed E-state index contributed by atoms with van der Waals surface area (Å²) < 4.78 is 61.2. The minimum Gasteiger partial charge on any atom is -0.489 e. The summed E-state index contributed by atoms with van der Waals surface area (Å²) in [6, 6.07) is 13.3. The number of halogens is 3. The Labute approximate surface area is 259 Å². The molecule has 6 rings (SSSR count). The third kappa shape index (κ3) is 5.26. The number of ether oxygens (including phenoxy) is 1. The summed E-state index contributed by atoms with van der Waals surface area (Å²) >= 11 is 6.20. The van der Waals surface area contributed by atoms with Gasteiger partial charge in [0.15, 0.2) is 9.84 Å². The molecule has 1 N–H and O–H groups in total. The SMILES string of the molecule is O=C(O)C1CCC(C(=O)N2CC[C@@]3(S(=O)(=O)c4ccc(F)cc4)c4ccc(OCc5cc(F)ccc5Cl)cc4CC[C@@H]23)CC1. The zero-order valence-electron chi connectivity index (χ0n) is 23.8. The lowest BCUT2D eigenvalue weighted by Gasteiger charge is -2.43. The first-order valence-electron chi connectivity index (χ1n) is 14.7.